The van der Waals surface area contributed by atoms with E-state index >= 15 is 0 Å². The number of carbonyl (C=O) groups is 1. The lowest BCUT2D eigenvalue weighted by Gasteiger charge is -2.16. The van der Waals surface area contributed by atoms with E-state index in [2.05, 4.69) is 23.9 Å². The van der Waals surface area contributed by atoms with Gasteiger partial charge in [-0.25, -0.2) is 4.79 Å². The molecule has 78 valence electrons. The Kier molecular flexibility index (Phi) is 7.45. The SMILES string of the molecule is CCCCC(CCC)NC(=O)OC. The lowest BCUT2D eigenvalue weighted by Crippen LogP contribution is -2.34. The van der Waals surface area contributed by atoms with Gasteiger partial charge in [-0.2, -0.15) is 0 Å². The van der Waals surface area contributed by atoms with E-state index in [9.17, 15) is 4.79 Å². The molecule has 0 saturated carbocycles. The van der Waals surface area contributed by atoms with Gasteiger partial charge in [0.15, 0.2) is 0 Å². The van der Waals surface area contributed by atoms with Crippen molar-refractivity contribution in [1.29, 1.82) is 0 Å². The number of alkyl carbamates (subject to hydrolysis) is 1. The summed E-state index contributed by atoms with van der Waals surface area (Å²) >= 11 is 0. The average Bonchev–Trinajstić information content (AvgIpc) is 2.14. The number of amides is 1. The van der Waals surface area contributed by atoms with Crippen LogP contribution in [0.25, 0.3) is 0 Å². The van der Waals surface area contributed by atoms with Crippen LogP contribution in [0, 0.1) is 0 Å². The van der Waals surface area contributed by atoms with Gasteiger partial charge >= 0.3 is 6.09 Å². The summed E-state index contributed by atoms with van der Waals surface area (Å²) in [4.78, 5) is 10.9. The van der Waals surface area contributed by atoms with E-state index in [0.717, 1.165) is 25.7 Å². The molecule has 0 bridgehead atoms. The van der Waals surface area contributed by atoms with Crippen LogP contribution in [0.15, 0.2) is 0 Å². The molecule has 13 heavy (non-hydrogen) atoms. The van der Waals surface area contributed by atoms with Crippen LogP contribution in [0.3, 0.4) is 0 Å². The zero-order chi connectivity index (χ0) is 10.1. The molecule has 0 aromatic carbocycles. The van der Waals surface area contributed by atoms with Gasteiger partial charge in [-0.15, -0.1) is 0 Å². The Balaban J connectivity index is 3.71. The smallest absolute Gasteiger partial charge is 0.407 e. The molecule has 0 saturated heterocycles. The van der Waals surface area contributed by atoms with E-state index in [1.807, 2.05) is 0 Å². The minimum atomic E-state index is -0.311. The third-order valence-electron chi connectivity index (χ3n) is 2.05. The summed E-state index contributed by atoms with van der Waals surface area (Å²) in [5.74, 6) is 0. The number of carbonyl (C=O) groups excluding carboxylic acids is 1. The summed E-state index contributed by atoms with van der Waals surface area (Å²) in [6.07, 6.45) is 5.21. The summed E-state index contributed by atoms with van der Waals surface area (Å²) < 4.78 is 4.56. The van der Waals surface area contributed by atoms with Crippen LogP contribution in [0.2, 0.25) is 0 Å². The monoisotopic (exact) mass is 187 g/mol. The molecule has 0 heterocycles. The van der Waals surface area contributed by atoms with E-state index in [1.54, 1.807) is 0 Å². The van der Waals surface area contributed by atoms with Crippen molar-refractivity contribution in [3.05, 3.63) is 0 Å². The lowest BCUT2D eigenvalue weighted by molar-refractivity contribution is 0.165. The molecule has 0 aliphatic heterocycles. The third-order valence-corrected chi connectivity index (χ3v) is 2.05. The van der Waals surface area contributed by atoms with Crippen LogP contribution < -0.4 is 5.32 Å². The number of unbranched alkanes of at least 4 members (excludes halogenated alkanes) is 1. The van der Waals surface area contributed by atoms with Crippen LogP contribution in [-0.2, 0) is 4.74 Å². The van der Waals surface area contributed by atoms with E-state index in [1.165, 1.54) is 13.5 Å². The van der Waals surface area contributed by atoms with Crippen molar-refractivity contribution < 1.29 is 9.53 Å². The highest BCUT2D eigenvalue weighted by Crippen LogP contribution is 2.06. The predicted molar refractivity (Wildman–Crippen MR) is 53.8 cm³/mol. The molecule has 0 spiro atoms. The van der Waals surface area contributed by atoms with Crippen LogP contribution in [-0.4, -0.2) is 19.2 Å². The number of methoxy groups -OCH3 is 1. The van der Waals surface area contributed by atoms with Crippen LogP contribution in [0.5, 0.6) is 0 Å². The van der Waals surface area contributed by atoms with Crippen LogP contribution in [0.1, 0.15) is 46.0 Å². The van der Waals surface area contributed by atoms with Gasteiger partial charge in [-0.1, -0.05) is 33.1 Å². The summed E-state index contributed by atoms with van der Waals surface area (Å²) in [7, 11) is 1.40. The maximum absolute atomic E-state index is 10.9. The average molecular weight is 187 g/mol. The molecule has 1 unspecified atom stereocenters. The van der Waals surface area contributed by atoms with E-state index in [-0.39, 0.29) is 12.1 Å². The van der Waals surface area contributed by atoms with E-state index < -0.39 is 0 Å². The normalized spacial score (nSPS) is 12.2. The quantitative estimate of drug-likeness (QED) is 0.694. The molecule has 0 aliphatic carbocycles. The van der Waals surface area contributed by atoms with Gasteiger partial charge in [0, 0.05) is 6.04 Å². The summed E-state index contributed by atoms with van der Waals surface area (Å²) in [5.41, 5.74) is 0. The van der Waals surface area contributed by atoms with Gasteiger partial charge in [-0.3, -0.25) is 0 Å². The molecule has 1 N–H and O–H groups in total. The van der Waals surface area contributed by atoms with Gasteiger partial charge < -0.3 is 10.1 Å². The van der Waals surface area contributed by atoms with E-state index in [4.69, 9.17) is 0 Å². The minimum absolute atomic E-state index is 0.289. The Bertz CT molecular complexity index is 137. The van der Waals surface area contributed by atoms with Gasteiger partial charge in [0.05, 0.1) is 7.11 Å². The number of hydrogen-bond acceptors (Lipinski definition) is 2. The van der Waals surface area contributed by atoms with E-state index in [0.29, 0.717) is 0 Å². The van der Waals surface area contributed by atoms with Crippen molar-refractivity contribution in [2.45, 2.75) is 52.0 Å². The molecule has 0 aromatic heterocycles. The molecule has 0 aliphatic rings. The molecule has 0 aromatic rings. The standard InChI is InChI=1S/C10H21NO2/c1-4-6-8-9(7-5-2)11-10(12)13-3/h9H,4-8H2,1-3H3,(H,11,12). The molecule has 3 heteroatoms. The Morgan fingerprint density at radius 3 is 2.46 bits per heavy atom. The summed E-state index contributed by atoms with van der Waals surface area (Å²) in [5, 5.41) is 2.84. The predicted octanol–water partition coefficient (Wildman–Crippen LogP) is 2.70. The number of rotatable bonds is 6. The van der Waals surface area contributed by atoms with Gasteiger partial charge in [0.2, 0.25) is 0 Å². The first kappa shape index (κ1) is 12.3. The van der Waals surface area contributed by atoms with Crippen molar-refractivity contribution in [3.63, 3.8) is 0 Å². The third kappa shape index (κ3) is 6.43. The molecule has 1 atom stereocenters. The van der Waals surface area contributed by atoms with Crippen molar-refractivity contribution in [1.82, 2.24) is 5.32 Å². The Hall–Kier alpha value is -0.730. The maximum Gasteiger partial charge on any atom is 0.407 e. The van der Waals surface area contributed by atoms with Crippen LogP contribution in [0.4, 0.5) is 4.79 Å². The summed E-state index contributed by atoms with van der Waals surface area (Å²) in [6, 6.07) is 0.289. The maximum atomic E-state index is 10.9. The zero-order valence-corrected chi connectivity index (χ0v) is 8.93. The van der Waals surface area contributed by atoms with Crippen LogP contribution >= 0.6 is 0 Å². The first-order chi connectivity index (χ1) is 6.24. The second-order valence-electron chi connectivity index (χ2n) is 3.26. The zero-order valence-electron chi connectivity index (χ0n) is 8.93. The summed E-state index contributed by atoms with van der Waals surface area (Å²) in [6.45, 7) is 4.28. The molecule has 3 nitrogen and oxygen atoms in total. The lowest BCUT2D eigenvalue weighted by atomic mass is 10.1. The van der Waals surface area contributed by atoms with Crippen molar-refractivity contribution in [2.75, 3.05) is 7.11 Å². The number of ether oxygens (including phenoxy) is 1. The highest BCUT2D eigenvalue weighted by atomic mass is 16.5. The van der Waals surface area contributed by atoms with Crippen molar-refractivity contribution >= 4 is 6.09 Å². The van der Waals surface area contributed by atoms with Gasteiger partial charge in [0.1, 0.15) is 0 Å². The second-order valence-corrected chi connectivity index (χ2v) is 3.26. The fourth-order valence-corrected chi connectivity index (χ4v) is 1.31. The number of nitrogens with one attached hydrogen (secondary N) is 1. The highest BCUT2D eigenvalue weighted by Gasteiger charge is 2.10. The molecular weight excluding hydrogens is 166 g/mol. The molecule has 1 amide bonds. The van der Waals surface area contributed by atoms with Crippen molar-refractivity contribution in [3.8, 4) is 0 Å². The molecule has 0 radical (unpaired) electrons. The first-order valence-electron chi connectivity index (χ1n) is 5.09. The molecular formula is C10H21NO2. The largest absolute Gasteiger partial charge is 0.453 e. The Labute approximate surface area is 80.8 Å². The minimum Gasteiger partial charge on any atom is -0.453 e. The molecule has 0 rings (SSSR count). The molecule has 0 fully saturated rings. The highest BCUT2D eigenvalue weighted by molar-refractivity contribution is 5.67. The second kappa shape index (κ2) is 7.90. The van der Waals surface area contributed by atoms with Crippen molar-refractivity contribution in [2.24, 2.45) is 0 Å². The fraction of sp³-hybridized carbons (Fsp3) is 0.900. The first-order valence-corrected chi connectivity index (χ1v) is 5.09. The van der Waals surface area contributed by atoms with Gasteiger partial charge in [-0.05, 0) is 12.8 Å². The van der Waals surface area contributed by atoms with Gasteiger partial charge in [0.25, 0.3) is 0 Å². The Morgan fingerprint density at radius 2 is 2.00 bits per heavy atom. The Morgan fingerprint density at radius 1 is 1.31 bits per heavy atom. The number of hydrogen-bond donors (Lipinski definition) is 1. The topological polar surface area (TPSA) is 38.3 Å². The fourth-order valence-electron chi connectivity index (χ4n) is 1.31.